The second kappa shape index (κ2) is 9.98. The van der Waals surface area contributed by atoms with Gasteiger partial charge in [0.25, 0.3) is 0 Å². The van der Waals surface area contributed by atoms with Gasteiger partial charge in [-0.15, -0.1) is 0 Å². The quantitative estimate of drug-likeness (QED) is 0.488. The van der Waals surface area contributed by atoms with Crippen molar-refractivity contribution in [2.24, 2.45) is 5.92 Å². The summed E-state index contributed by atoms with van der Waals surface area (Å²) in [4.78, 5) is 0. The van der Waals surface area contributed by atoms with Crippen LogP contribution in [0.25, 0.3) is 12.7 Å². The van der Waals surface area contributed by atoms with Crippen LogP contribution in [0.2, 0.25) is 0 Å². The molecule has 0 atom stereocenters. The normalized spacial score (nSPS) is 11.5. The van der Waals surface area contributed by atoms with Crippen LogP contribution in [-0.2, 0) is 12.8 Å². The second-order valence-electron chi connectivity index (χ2n) is 7.85. The van der Waals surface area contributed by atoms with Gasteiger partial charge in [0.05, 0.1) is 7.11 Å². The highest BCUT2D eigenvalue weighted by atomic mass is 16.5. The summed E-state index contributed by atoms with van der Waals surface area (Å²) in [5.74, 6) is 3.12. The molecule has 0 radical (unpaired) electrons. The number of benzene rings is 3. The fourth-order valence-electron chi connectivity index (χ4n) is 3.65. The van der Waals surface area contributed by atoms with Crippen molar-refractivity contribution in [1.82, 2.24) is 0 Å². The Bertz CT molecular complexity index is 1130. The van der Waals surface area contributed by atoms with E-state index in [4.69, 9.17) is 9.47 Å². The summed E-state index contributed by atoms with van der Waals surface area (Å²) in [6.07, 6.45) is 5.51. The zero-order valence-electron chi connectivity index (χ0n) is 18.2. The molecule has 3 aromatic rings. The minimum absolute atomic E-state index is 0.565. The first-order chi connectivity index (χ1) is 14.5. The van der Waals surface area contributed by atoms with Crippen LogP contribution in [-0.4, -0.2) is 7.11 Å². The number of hydrogen-bond donors (Lipinski definition) is 0. The lowest BCUT2D eigenvalue weighted by Crippen LogP contribution is -2.27. The lowest BCUT2D eigenvalue weighted by molar-refractivity contribution is 0.408. The van der Waals surface area contributed by atoms with E-state index in [9.17, 15) is 0 Å². The van der Waals surface area contributed by atoms with Gasteiger partial charge in [-0.1, -0.05) is 75.6 Å². The van der Waals surface area contributed by atoms with Crippen molar-refractivity contribution in [3.05, 3.63) is 100 Å². The molecule has 3 rings (SSSR count). The van der Waals surface area contributed by atoms with E-state index in [1.165, 1.54) is 11.1 Å². The molecule has 0 aromatic heterocycles. The van der Waals surface area contributed by atoms with Gasteiger partial charge in [-0.05, 0) is 58.2 Å². The fraction of sp³-hybridized carbons (Fsp3) is 0.214. The number of methoxy groups -OCH3 is 1. The lowest BCUT2D eigenvalue weighted by atomic mass is 10.0. The second-order valence-corrected chi connectivity index (χ2v) is 7.85. The molecule has 0 saturated heterocycles. The molecule has 2 heteroatoms. The highest BCUT2D eigenvalue weighted by Crippen LogP contribution is 2.31. The molecule has 0 unspecified atom stereocenters. The van der Waals surface area contributed by atoms with Gasteiger partial charge < -0.3 is 9.47 Å². The van der Waals surface area contributed by atoms with Crippen molar-refractivity contribution < 1.29 is 9.47 Å². The Labute approximate surface area is 179 Å². The van der Waals surface area contributed by atoms with Crippen LogP contribution in [0.1, 0.15) is 30.5 Å². The zero-order chi connectivity index (χ0) is 21.5. The molecular formula is C28H30O2. The van der Waals surface area contributed by atoms with E-state index in [-0.39, 0.29) is 0 Å². The maximum Gasteiger partial charge on any atom is 0.130 e. The Balaban J connectivity index is 1.97. The number of para-hydroxylation sites is 1. The smallest absolute Gasteiger partial charge is 0.130 e. The van der Waals surface area contributed by atoms with E-state index in [2.05, 4.69) is 51.3 Å². The molecule has 0 fully saturated rings. The first-order valence-corrected chi connectivity index (χ1v) is 10.3. The van der Waals surface area contributed by atoms with Crippen LogP contribution in [0.3, 0.4) is 0 Å². The molecule has 0 N–H and O–H groups in total. The van der Waals surface area contributed by atoms with Crippen molar-refractivity contribution in [3.8, 4) is 17.2 Å². The predicted molar refractivity (Wildman–Crippen MR) is 127 cm³/mol. The van der Waals surface area contributed by atoms with Crippen molar-refractivity contribution in [3.63, 3.8) is 0 Å². The number of hydrogen-bond acceptors (Lipinski definition) is 2. The van der Waals surface area contributed by atoms with Crippen molar-refractivity contribution >= 4 is 12.7 Å². The topological polar surface area (TPSA) is 18.5 Å². The molecule has 2 nitrogen and oxygen atoms in total. The Hall–Kier alpha value is -3.26. The minimum Gasteiger partial charge on any atom is -0.496 e. The Morgan fingerprint density at radius 3 is 2.40 bits per heavy atom. The summed E-state index contributed by atoms with van der Waals surface area (Å²) in [6.45, 7) is 12.4. The molecule has 0 aliphatic heterocycles. The fourth-order valence-corrected chi connectivity index (χ4v) is 3.65. The summed E-state index contributed by atoms with van der Waals surface area (Å²) >= 11 is 0. The summed E-state index contributed by atoms with van der Waals surface area (Å²) in [7, 11) is 1.70. The molecule has 0 heterocycles. The average molecular weight is 399 g/mol. The van der Waals surface area contributed by atoms with E-state index in [1.807, 2.05) is 42.5 Å². The molecule has 0 bridgehead atoms. The first kappa shape index (κ1) is 21.4. The monoisotopic (exact) mass is 398 g/mol. The van der Waals surface area contributed by atoms with Crippen LogP contribution < -0.4 is 19.9 Å². The van der Waals surface area contributed by atoms with E-state index >= 15 is 0 Å². The number of ether oxygens (including phenoxy) is 2. The Morgan fingerprint density at radius 1 is 0.900 bits per heavy atom. The zero-order valence-corrected chi connectivity index (χ0v) is 18.2. The van der Waals surface area contributed by atoms with Gasteiger partial charge in [0, 0.05) is 12.0 Å². The van der Waals surface area contributed by atoms with Gasteiger partial charge in [0.1, 0.15) is 17.2 Å². The van der Waals surface area contributed by atoms with E-state index in [1.54, 1.807) is 13.2 Å². The summed E-state index contributed by atoms with van der Waals surface area (Å²) in [5.41, 5.74) is 3.47. The van der Waals surface area contributed by atoms with Gasteiger partial charge in [-0.3, -0.25) is 0 Å². The van der Waals surface area contributed by atoms with Crippen LogP contribution in [0.15, 0.2) is 73.3 Å². The van der Waals surface area contributed by atoms with Gasteiger partial charge in [-0.25, -0.2) is 0 Å². The van der Waals surface area contributed by atoms with Crippen LogP contribution in [0.4, 0.5) is 0 Å². The number of allylic oxidation sites excluding steroid dienone is 1. The molecule has 3 aromatic carbocycles. The summed E-state index contributed by atoms with van der Waals surface area (Å²) in [5, 5.41) is 2.09. The molecule has 30 heavy (non-hydrogen) atoms. The van der Waals surface area contributed by atoms with Crippen molar-refractivity contribution in [2.45, 2.75) is 26.7 Å². The SMILES string of the molecule is C=C/C=c1\c(Cc2cc(Oc3ccccc3CC(C)C)ccc2OC)cccc1=C. The molecule has 0 spiro atoms. The van der Waals surface area contributed by atoms with E-state index < -0.39 is 0 Å². The molecule has 0 amide bonds. The number of rotatable bonds is 8. The summed E-state index contributed by atoms with van der Waals surface area (Å²) < 4.78 is 11.9. The average Bonchev–Trinajstić information content (AvgIpc) is 2.72. The third kappa shape index (κ3) is 5.21. The van der Waals surface area contributed by atoms with Gasteiger partial charge in [0.15, 0.2) is 0 Å². The molecule has 0 aliphatic carbocycles. The van der Waals surface area contributed by atoms with Crippen LogP contribution in [0.5, 0.6) is 17.2 Å². The third-order valence-corrected chi connectivity index (χ3v) is 5.03. The molecule has 154 valence electrons. The van der Waals surface area contributed by atoms with E-state index in [0.29, 0.717) is 5.92 Å². The highest BCUT2D eigenvalue weighted by molar-refractivity contribution is 5.47. The van der Waals surface area contributed by atoms with Crippen LogP contribution >= 0.6 is 0 Å². The van der Waals surface area contributed by atoms with Crippen molar-refractivity contribution in [1.29, 1.82) is 0 Å². The van der Waals surface area contributed by atoms with Crippen molar-refractivity contribution in [2.75, 3.05) is 7.11 Å². The molecule has 0 aliphatic rings. The third-order valence-electron chi connectivity index (χ3n) is 5.03. The maximum atomic E-state index is 6.30. The van der Waals surface area contributed by atoms with E-state index in [0.717, 1.165) is 46.1 Å². The standard InChI is InChI=1S/C28H30O2/c1-6-10-26-21(4)11-9-13-22(26)18-24-19-25(15-16-27(24)29-5)30-28-14-8-7-12-23(28)17-20(2)3/h6-16,19-20H,1,4,17-18H2,2-3,5H3/b26-10-. The summed E-state index contributed by atoms with van der Waals surface area (Å²) in [6, 6.07) is 20.4. The first-order valence-electron chi connectivity index (χ1n) is 10.3. The Kier molecular flexibility index (Phi) is 7.13. The molecule has 0 saturated carbocycles. The lowest BCUT2D eigenvalue weighted by Gasteiger charge is -2.15. The minimum atomic E-state index is 0.565. The largest absolute Gasteiger partial charge is 0.496 e. The highest BCUT2D eigenvalue weighted by Gasteiger charge is 2.11. The van der Waals surface area contributed by atoms with Gasteiger partial charge >= 0.3 is 0 Å². The van der Waals surface area contributed by atoms with Gasteiger partial charge in [-0.2, -0.15) is 0 Å². The Morgan fingerprint density at radius 2 is 1.67 bits per heavy atom. The van der Waals surface area contributed by atoms with Gasteiger partial charge in [0.2, 0.25) is 0 Å². The predicted octanol–water partition coefficient (Wildman–Crippen LogP) is 5.65. The van der Waals surface area contributed by atoms with Crippen LogP contribution in [0, 0.1) is 5.92 Å². The maximum absolute atomic E-state index is 6.30. The molecular weight excluding hydrogens is 368 g/mol.